The normalized spacial score (nSPS) is 13.8. The Hall–Kier alpha value is -1.34. The molecule has 1 aromatic heterocycles. The second-order valence-electron chi connectivity index (χ2n) is 4.89. The van der Waals surface area contributed by atoms with Crippen molar-refractivity contribution in [1.29, 1.82) is 0 Å². The maximum Gasteiger partial charge on any atom is 0.346 e. The minimum Gasteiger partial charge on any atom is -0.396 e. The van der Waals surface area contributed by atoms with E-state index in [1.54, 1.807) is 13.2 Å². The van der Waals surface area contributed by atoms with Gasteiger partial charge in [-0.05, 0) is 32.9 Å². The number of aryl methyl sites for hydroxylation is 1. The van der Waals surface area contributed by atoms with Gasteiger partial charge in [-0.2, -0.15) is 4.98 Å². The van der Waals surface area contributed by atoms with Gasteiger partial charge in [0.1, 0.15) is 5.03 Å². The zero-order valence-corrected chi connectivity index (χ0v) is 13.1. The fourth-order valence-corrected chi connectivity index (χ4v) is 2.51. The lowest BCUT2D eigenvalue weighted by atomic mass is 9.94. The quantitative estimate of drug-likeness (QED) is 0.540. The van der Waals surface area contributed by atoms with Gasteiger partial charge in [-0.25, -0.2) is 4.79 Å². The van der Waals surface area contributed by atoms with Crippen molar-refractivity contribution >= 4 is 17.7 Å². The number of hydrogen-bond acceptors (Lipinski definition) is 5. The monoisotopic (exact) mass is 299 g/mol. The minimum absolute atomic E-state index is 0.00284. The van der Waals surface area contributed by atoms with E-state index < -0.39 is 11.2 Å². The number of nitrogens with zero attached hydrogens (tertiary/aromatic N) is 1. The van der Waals surface area contributed by atoms with Gasteiger partial charge in [0.15, 0.2) is 0 Å². The average Bonchev–Trinajstić information content (AvgIpc) is 2.37. The van der Waals surface area contributed by atoms with Crippen LogP contribution < -0.4 is 11.0 Å². The van der Waals surface area contributed by atoms with Crippen molar-refractivity contribution in [3.63, 3.8) is 0 Å². The highest BCUT2D eigenvalue weighted by Crippen LogP contribution is 2.20. The molecule has 0 aliphatic heterocycles. The van der Waals surface area contributed by atoms with Gasteiger partial charge in [-0.15, -0.1) is 11.8 Å². The number of amides is 1. The summed E-state index contributed by atoms with van der Waals surface area (Å²) in [5.41, 5.74) is -0.0644. The lowest BCUT2D eigenvalue weighted by molar-refractivity contribution is 0.0881. The molecule has 1 heterocycles. The van der Waals surface area contributed by atoms with Crippen LogP contribution in [-0.2, 0) is 0 Å². The first-order valence-corrected chi connectivity index (χ1v) is 7.67. The molecule has 0 aromatic carbocycles. The van der Waals surface area contributed by atoms with Crippen LogP contribution in [0.25, 0.3) is 0 Å². The number of aliphatic hydroxyl groups is 1. The Kier molecular flexibility index (Phi) is 5.76. The van der Waals surface area contributed by atoms with Crippen molar-refractivity contribution in [3.05, 3.63) is 21.7 Å². The molecule has 0 aliphatic carbocycles. The third-order valence-electron chi connectivity index (χ3n) is 3.37. The van der Waals surface area contributed by atoms with Gasteiger partial charge >= 0.3 is 5.69 Å². The molecule has 0 fully saturated rings. The van der Waals surface area contributed by atoms with E-state index in [9.17, 15) is 9.59 Å². The van der Waals surface area contributed by atoms with Crippen LogP contribution in [0, 0.1) is 6.92 Å². The van der Waals surface area contributed by atoms with Crippen LogP contribution in [0.2, 0.25) is 0 Å². The Morgan fingerprint density at radius 1 is 1.55 bits per heavy atom. The minimum atomic E-state index is -0.482. The molecule has 1 unspecified atom stereocenters. The van der Waals surface area contributed by atoms with Crippen LogP contribution >= 0.6 is 11.8 Å². The first-order chi connectivity index (χ1) is 9.36. The zero-order valence-electron chi connectivity index (χ0n) is 12.2. The Morgan fingerprint density at radius 3 is 2.70 bits per heavy atom. The molecule has 1 amide bonds. The van der Waals surface area contributed by atoms with Crippen LogP contribution in [-0.4, -0.2) is 39.4 Å². The summed E-state index contributed by atoms with van der Waals surface area (Å²) in [6.07, 6.45) is 2.94. The summed E-state index contributed by atoms with van der Waals surface area (Å²) in [5.74, 6) is -0.284. The Labute approximate surface area is 122 Å². The predicted molar refractivity (Wildman–Crippen MR) is 79.2 cm³/mol. The standard InChI is InChI=1S/C13H21N3O3S/c1-5-13(3,6-7-17)16-10(18)9-8(2)14-12(19)15-11(9)20-4/h17H,5-7H2,1-4H3,(H,16,18)(H,14,15,19). The van der Waals surface area contributed by atoms with Crippen LogP contribution in [0.3, 0.4) is 0 Å². The topological polar surface area (TPSA) is 95.1 Å². The van der Waals surface area contributed by atoms with Gasteiger partial charge in [0.05, 0.1) is 5.56 Å². The molecule has 1 rings (SSSR count). The predicted octanol–water partition coefficient (Wildman–Crippen LogP) is 1.08. The van der Waals surface area contributed by atoms with Gasteiger partial charge in [-0.1, -0.05) is 6.92 Å². The molecule has 0 spiro atoms. The van der Waals surface area contributed by atoms with Crippen molar-refractivity contribution in [1.82, 2.24) is 15.3 Å². The number of aromatic nitrogens is 2. The molecule has 0 radical (unpaired) electrons. The number of carbonyl (C=O) groups is 1. The SMILES string of the molecule is CCC(C)(CCO)NC(=O)c1c(SC)nc(=O)[nH]c1C. The van der Waals surface area contributed by atoms with Crippen LogP contribution in [0.4, 0.5) is 0 Å². The van der Waals surface area contributed by atoms with Crippen molar-refractivity contribution in [3.8, 4) is 0 Å². The van der Waals surface area contributed by atoms with Crippen molar-refractivity contribution in [2.24, 2.45) is 0 Å². The van der Waals surface area contributed by atoms with Crippen LogP contribution in [0.15, 0.2) is 9.82 Å². The van der Waals surface area contributed by atoms with E-state index in [1.807, 2.05) is 13.8 Å². The Morgan fingerprint density at radius 2 is 2.20 bits per heavy atom. The van der Waals surface area contributed by atoms with Gasteiger partial charge < -0.3 is 15.4 Å². The summed E-state index contributed by atoms with van der Waals surface area (Å²) in [6, 6.07) is 0. The number of aliphatic hydroxyl groups excluding tert-OH is 1. The Balaban J connectivity index is 3.12. The van der Waals surface area contributed by atoms with Crippen molar-refractivity contribution < 1.29 is 9.90 Å². The molecule has 3 N–H and O–H groups in total. The zero-order chi connectivity index (χ0) is 15.3. The van der Waals surface area contributed by atoms with Crippen LogP contribution in [0.5, 0.6) is 0 Å². The molecule has 0 bridgehead atoms. The maximum absolute atomic E-state index is 12.4. The van der Waals surface area contributed by atoms with Crippen molar-refractivity contribution in [2.75, 3.05) is 12.9 Å². The van der Waals surface area contributed by atoms with Gasteiger partial charge in [0.2, 0.25) is 0 Å². The number of H-pyrrole nitrogens is 1. The van der Waals surface area contributed by atoms with E-state index in [4.69, 9.17) is 5.11 Å². The summed E-state index contributed by atoms with van der Waals surface area (Å²) in [5, 5.41) is 12.4. The molecule has 0 saturated carbocycles. The summed E-state index contributed by atoms with van der Waals surface area (Å²) >= 11 is 1.26. The number of carbonyl (C=O) groups excluding carboxylic acids is 1. The third-order valence-corrected chi connectivity index (χ3v) is 4.05. The van der Waals surface area contributed by atoms with Gasteiger partial charge in [-0.3, -0.25) is 4.79 Å². The summed E-state index contributed by atoms with van der Waals surface area (Å²) in [7, 11) is 0. The third kappa shape index (κ3) is 3.83. The fraction of sp³-hybridized carbons (Fsp3) is 0.615. The molecular formula is C13H21N3O3S. The molecule has 1 atom stereocenters. The van der Waals surface area contributed by atoms with E-state index in [-0.39, 0.29) is 12.5 Å². The summed E-state index contributed by atoms with van der Waals surface area (Å²) in [6.45, 7) is 5.51. The molecular weight excluding hydrogens is 278 g/mol. The number of hydrogen-bond donors (Lipinski definition) is 3. The highest BCUT2D eigenvalue weighted by molar-refractivity contribution is 7.98. The largest absolute Gasteiger partial charge is 0.396 e. The van der Waals surface area contributed by atoms with Gasteiger partial charge in [0.25, 0.3) is 5.91 Å². The molecule has 20 heavy (non-hydrogen) atoms. The second-order valence-corrected chi connectivity index (χ2v) is 5.69. The first kappa shape index (κ1) is 16.7. The number of nitrogens with one attached hydrogen (secondary N) is 2. The Bertz CT molecular complexity index is 544. The molecule has 7 heteroatoms. The van der Waals surface area contributed by atoms with Gasteiger partial charge in [0, 0.05) is 17.8 Å². The fourth-order valence-electron chi connectivity index (χ4n) is 1.89. The number of rotatable bonds is 6. The highest BCUT2D eigenvalue weighted by Gasteiger charge is 2.26. The summed E-state index contributed by atoms with van der Waals surface area (Å²) in [4.78, 5) is 30.1. The lowest BCUT2D eigenvalue weighted by Gasteiger charge is -2.29. The maximum atomic E-state index is 12.4. The van der Waals surface area contributed by atoms with E-state index in [1.165, 1.54) is 11.8 Å². The van der Waals surface area contributed by atoms with Crippen LogP contribution in [0.1, 0.15) is 42.7 Å². The van der Waals surface area contributed by atoms with E-state index in [0.29, 0.717) is 29.1 Å². The highest BCUT2D eigenvalue weighted by atomic mass is 32.2. The molecule has 6 nitrogen and oxygen atoms in total. The molecule has 0 saturated heterocycles. The summed E-state index contributed by atoms with van der Waals surface area (Å²) < 4.78 is 0. The lowest BCUT2D eigenvalue weighted by Crippen LogP contribution is -2.46. The van der Waals surface area contributed by atoms with E-state index in [0.717, 1.165) is 0 Å². The average molecular weight is 299 g/mol. The van der Waals surface area contributed by atoms with E-state index >= 15 is 0 Å². The van der Waals surface area contributed by atoms with Crippen molar-refractivity contribution in [2.45, 2.75) is 44.2 Å². The molecule has 0 aliphatic rings. The van der Waals surface area contributed by atoms with E-state index in [2.05, 4.69) is 15.3 Å². The number of aromatic amines is 1. The smallest absolute Gasteiger partial charge is 0.346 e. The molecule has 112 valence electrons. The number of thioether (sulfide) groups is 1. The molecule has 1 aromatic rings. The second kappa shape index (κ2) is 6.90. The first-order valence-electron chi connectivity index (χ1n) is 6.45.